The van der Waals surface area contributed by atoms with Gasteiger partial charge in [0.25, 0.3) is 10.0 Å². The zero-order valence-corrected chi connectivity index (χ0v) is 16.0. The van der Waals surface area contributed by atoms with Crippen molar-refractivity contribution in [3.05, 3.63) is 48.2 Å². The maximum Gasteiger partial charge on any atom is 0.271 e. The Morgan fingerprint density at radius 3 is 2.73 bits per heavy atom. The minimum Gasteiger partial charge on any atom is -0.354 e. The van der Waals surface area contributed by atoms with Crippen molar-refractivity contribution < 1.29 is 8.42 Å². The molecule has 0 bridgehead atoms. The van der Waals surface area contributed by atoms with Gasteiger partial charge in [-0.3, -0.25) is 4.72 Å². The molecule has 1 saturated heterocycles. The Balaban J connectivity index is 1.72. The van der Waals surface area contributed by atoms with E-state index in [0.29, 0.717) is 9.90 Å². The van der Waals surface area contributed by atoms with Gasteiger partial charge in [-0.1, -0.05) is 18.2 Å². The van der Waals surface area contributed by atoms with Crippen LogP contribution in [0.3, 0.4) is 0 Å². The highest BCUT2D eigenvalue weighted by Gasteiger charge is 2.22. The number of hydrogen-bond acceptors (Lipinski definition) is 6. The first-order chi connectivity index (χ1) is 12.5. The van der Waals surface area contributed by atoms with Crippen molar-refractivity contribution in [2.75, 3.05) is 35.8 Å². The van der Waals surface area contributed by atoms with Crippen molar-refractivity contribution in [3.63, 3.8) is 0 Å². The number of pyridine rings is 1. The van der Waals surface area contributed by atoms with E-state index in [1.807, 2.05) is 31.2 Å². The summed E-state index contributed by atoms with van der Waals surface area (Å²) in [5, 5.41) is 4.21. The van der Waals surface area contributed by atoms with Gasteiger partial charge in [-0.2, -0.15) is 0 Å². The Labute approximate surface area is 156 Å². The third-order valence-corrected chi connectivity index (χ3v) is 7.41. The van der Waals surface area contributed by atoms with Crippen molar-refractivity contribution in [1.82, 2.24) is 10.3 Å². The summed E-state index contributed by atoms with van der Waals surface area (Å²) in [5.74, 6) is 0.859. The molecule has 0 aliphatic carbocycles. The molecule has 0 saturated carbocycles. The molecule has 6 nitrogen and oxygen atoms in total. The minimum absolute atomic E-state index is 0.306. The van der Waals surface area contributed by atoms with Gasteiger partial charge in [0.15, 0.2) is 0 Å². The molecule has 1 fully saturated rings. The Bertz CT molecular complexity index is 1040. The number of rotatable bonds is 4. The monoisotopic (exact) mass is 388 g/mol. The number of hydrogen-bond donors (Lipinski definition) is 2. The van der Waals surface area contributed by atoms with E-state index in [2.05, 4.69) is 19.9 Å². The largest absolute Gasteiger partial charge is 0.354 e. The van der Waals surface area contributed by atoms with E-state index in [-0.39, 0.29) is 0 Å². The number of thiophene rings is 1. The second-order valence-electron chi connectivity index (χ2n) is 6.27. The highest BCUT2D eigenvalue weighted by atomic mass is 32.2. The number of piperazine rings is 1. The Kier molecular flexibility index (Phi) is 4.56. The Hall–Kier alpha value is -2.16. The van der Waals surface area contributed by atoms with Crippen LogP contribution in [0.1, 0.15) is 5.56 Å². The number of fused-ring (bicyclic) bond motifs is 1. The van der Waals surface area contributed by atoms with Gasteiger partial charge in [0, 0.05) is 42.5 Å². The molecule has 0 atom stereocenters. The fourth-order valence-corrected chi connectivity index (χ4v) is 5.58. The highest BCUT2D eigenvalue weighted by Crippen LogP contribution is 2.35. The van der Waals surface area contributed by atoms with E-state index in [4.69, 9.17) is 0 Å². The molecule has 1 aliphatic rings. The molecule has 1 aromatic carbocycles. The molecule has 3 aromatic rings. The van der Waals surface area contributed by atoms with Gasteiger partial charge in [0.2, 0.25) is 0 Å². The van der Waals surface area contributed by atoms with Crippen LogP contribution >= 0.6 is 11.3 Å². The minimum atomic E-state index is -3.64. The number of nitrogens with one attached hydrogen (secondary N) is 2. The van der Waals surface area contributed by atoms with E-state index in [1.165, 1.54) is 11.3 Å². The number of aryl methyl sites for hydroxylation is 1. The number of sulfonamides is 1. The summed E-state index contributed by atoms with van der Waals surface area (Å²) in [7, 11) is -3.64. The molecule has 0 radical (unpaired) electrons. The molecule has 3 heterocycles. The van der Waals surface area contributed by atoms with Crippen LogP contribution in [0, 0.1) is 6.92 Å². The smallest absolute Gasteiger partial charge is 0.271 e. The topological polar surface area (TPSA) is 74.3 Å². The van der Waals surface area contributed by atoms with Crippen LogP contribution in [0.5, 0.6) is 0 Å². The zero-order valence-electron chi connectivity index (χ0n) is 14.4. The molecule has 1 aliphatic heterocycles. The number of anilines is 2. The molecule has 8 heteroatoms. The Morgan fingerprint density at radius 1 is 1.19 bits per heavy atom. The summed E-state index contributed by atoms with van der Waals surface area (Å²) >= 11 is 1.27. The van der Waals surface area contributed by atoms with Crippen LogP contribution in [0.15, 0.2) is 46.8 Å². The third kappa shape index (κ3) is 3.27. The van der Waals surface area contributed by atoms with Crippen LogP contribution in [0.25, 0.3) is 10.1 Å². The van der Waals surface area contributed by atoms with Gasteiger partial charge in [-0.25, -0.2) is 13.4 Å². The highest BCUT2D eigenvalue weighted by molar-refractivity contribution is 7.94. The molecule has 26 heavy (non-hydrogen) atoms. The summed E-state index contributed by atoms with van der Waals surface area (Å²) in [5.41, 5.74) is 1.49. The molecule has 2 aromatic heterocycles. The normalized spacial score (nSPS) is 15.3. The first-order valence-corrected chi connectivity index (χ1v) is 10.8. The SMILES string of the molecule is Cc1ccccc1NS(=O)(=O)c1cc2c(N3CCNCC3)nccc2s1. The number of nitrogens with zero attached hydrogens (tertiary/aromatic N) is 2. The van der Waals surface area contributed by atoms with Crippen LogP contribution in [-0.4, -0.2) is 39.6 Å². The summed E-state index contributed by atoms with van der Waals surface area (Å²) < 4.78 is 29.7. The summed E-state index contributed by atoms with van der Waals surface area (Å²) in [6.45, 7) is 5.43. The van der Waals surface area contributed by atoms with Crippen LogP contribution in [0.4, 0.5) is 11.5 Å². The average molecular weight is 389 g/mol. The van der Waals surface area contributed by atoms with Crippen LogP contribution in [-0.2, 0) is 10.0 Å². The van der Waals surface area contributed by atoms with E-state index < -0.39 is 10.0 Å². The molecule has 4 rings (SSSR count). The summed E-state index contributed by atoms with van der Waals surface area (Å²) in [6, 6.07) is 11.0. The van der Waals surface area contributed by atoms with E-state index in [1.54, 1.807) is 18.3 Å². The lowest BCUT2D eigenvalue weighted by molar-refractivity contribution is 0.586. The summed E-state index contributed by atoms with van der Waals surface area (Å²) in [6.07, 6.45) is 1.75. The lowest BCUT2D eigenvalue weighted by Crippen LogP contribution is -2.43. The second-order valence-corrected chi connectivity index (χ2v) is 9.26. The third-order valence-electron chi connectivity index (χ3n) is 4.47. The van der Waals surface area contributed by atoms with Crippen LogP contribution < -0.4 is 14.9 Å². The molecule has 136 valence electrons. The van der Waals surface area contributed by atoms with Crippen molar-refractivity contribution in [1.29, 1.82) is 0 Å². The van der Waals surface area contributed by atoms with Gasteiger partial charge < -0.3 is 10.2 Å². The lowest BCUT2D eigenvalue weighted by Gasteiger charge is -2.28. The van der Waals surface area contributed by atoms with Gasteiger partial charge in [0.05, 0.1) is 5.69 Å². The first kappa shape index (κ1) is 17.3. The molecule has 2 N–H and O–H groups in total. The molecule has 0 spiro atoms. The van der Waals surface area contributed by atoms with Gasteiger partial charge in [-0.05, 0) is 30.7 Å². The predicted molar refractivity (Wildman–Crippen MR) is 107 cm³/mol. The maximum atomic E-state index is 12.9. The van der Waals surface area contributed by atoms with E-state index >= 15 is 0 Å². The van der Waals surface area contributed by atoms with Gasteiger partial charge in [0.1, 0.15) is 10.0 Å². The number of aromatic nitrogens is 1. The number of para-hydroxylation sites is 1. The van der Waals surface area contributed by atoms with E-state index in [9.17, 15) is 8.42 Å². The second kappa shape index (κ2) is 6.86. The fraction of sp³-hybridized carbons (Fsp3) is 0.278. The standard InChI is InChI=1S/C18H20N4O2S2/c1-13-4-2-3-5-15(13)21-26(23,24)17-12-14-16(25-17)6-7-20-18(14)22-10-8-19-9-11-22/h2-7,12,19,21H,8-11H2,1H3. The average Bonchev–Trinajstić information content (AvgIpc) is 3.09. The Morgan fingerprint density at radius 2 is 1.96 bits per heavy atom. The van der Waals surface area contributed by atoms with Crippen molar-refractivity contribution in [2.45, 2.75) is 11.1 Å². The van der Waals surface area contributed by atoms with Crippen molar-refractivity contribution in [3.8, 4) is 0 Å². The molecular formula is C18H20N4O2S2. The lowest BCUT2D eigenvalue weighted by atomic mass is 10.2. The van der Waals surface area contributed by atoms with Crippen molar-refractivity contribution >= 4 is 43.0 Å². The molecular weight excluding hydrogens is 368 g/mol. The maximum absolute atomic E-state index is 12.9. The quantitative estimate of drug-likeness (QED) is 0.719. The molecule has 0 amide bonds. The molecule has 0 unspecified atom stereocenters. The number of benzene rings is 1. The first-order valence-electron chi connectivity index (χ1n) is 8.47. The zero-order chi connectivity index (χ0) is 18.1. The van der Waals surface area contributed by atoms with Crippen LogP contribution in [0.2, 0.25) is 0 Å². The van der Waals surface area contributed by atoms with Gasteiger partial charge >= 0.3 is 0 Å². The van der Waals surface area contributed by atoms with Crippen molar-refractivity contribution in [2.24, 2.45) is 0 Å². The van der Waals surface area contributed by atoms with E-state index in [0.717, 1.165) is 47.6 Å². The van der Waals surface area contributed by atoms with Gasteiger partial charge in [-0.15, -0.1) is 11.3 Å². The fourth-order valence-electron chi connectivity index (χ4n) is 3.07. The predicted octanol–water partition coefficient (Wildman–Crippen LogP) is 2.82. The summed E-state index contributed by atoms with van der Waals surface area (Å²) in [4.78, 5) is 6.72.